The molecule has 0 aliphatic carbocycles. The van der Waals surface area contributed by atoms with Crippen LogP contribution in [0.3, 0.4) is 0 Å². The Morgan fingerprint density at radius 2 is 1.80 bits per heavy atom. The monoisotopic (exact) mass is 401 g/mol. The van der Waals surface area contributed by atoms with Gasteiger partial charge in [0.1, 0.15) is 0 Å². The molecule has 1 N–H and O–H groups in total. The van der Waals surface area contributed by atoms with Gasteiger partial charge in [-0.3, -0.25) is 4.79 Å². The molecule has 0 spiro atoms. The molecule has 150 valence electrons. The summed E-state index contributed by atoms with van der Waals surface area (Å²) in [6.07, 6.45) is 2.04. The molecule has 1 amide bonds. The molecule has 2 aliphatic heterocycles. The lowest BCUT2D eigenvalue weighted by Gasteiger charge is -2.34. The van der Waals surface area contributed by atoms with Crippen LogP contribution in [0, 0.1) is 0 Å². The number of nitrogens with one attached hydrogen (secondary N) is 1. The minimum Gasteiger partial charge on any atom is -0.377 e. The van der Waals surface area contributed by atoms with Crippen LogP contribution in [0.5, 0.6) is 0 Å². The van der Waals surface area contributed by atoms with Crippen molar-refractivity contribution < 1.29 is 9.53 Å². The molecular formula is C21H19N7O2. The van der Waals surface area contributed by atoms with E-state index in [0.717, 1.165) is 29.6 Å². The van der Waals surface area contributed by atoms with Crippen LogP contribution in [0.15, 0.2) is 48.5 Å². The molecule has 2 aliphatic rings. The average molecular weight is 401 g/mol. The van der Waals surface area contributed by atoms with Gasteiger partial charge in [-0.05, 0) is 59.7 Å². The number of aromatic nitrogens is 5. The van der Waals surface area contributed by atoms with Gasteiger partial charge in [0.05, 0.1) is 36.3 Å². The highest BCUT2D eigenvalue weighted by atomic mass is 16.5. The number of amides is 1. The summed E-state index contributed by atoms with van der Waals surface area (Å²) in [6, 6.07) is 15.5. The molecule has 2 unspecified atom stereocenters. The Hall–Kier alpha value is -3.59. The van der Waals surface area contributed by atoms with Crippen LogP contribution < -0.4 is 5.32 Å². The number of nitrogens with zero attached hydrogens (tertiary/aromatic N) is 6. The largest absolute Gasteiger partial charge is 0.377 e. The van der Waals surface area contributed by atoms with E-state index in [-0.39, 0.29) is 18.0 Å². The fourth-order valence-corrected chi connectivity index (χ4v) is 4.43. The summed E-state index contributed by atoms with van der Waals surface area (Å²) in [5.41, 5.74) is 3.65. The van der Waals surface area contributed by atoms with Crippen molar-refractivity contribution in [2.45, 2.75) is 24.9 Å². The molecular weight excluding hydrogens is 382 g/mol. The molecule has 9 heteroatoms. The molecule has 6 rings (SSSR count). The zero-order valence-corrected chi connectivity index (χ0v) is 16.1. The Balaban J connectivity index is 1.29. The topological polar surface area (TPSA) is 97.5 Å². The number of benzene rings is 2. The highest BCUT2D eigenvalue weighted by Gasteiger charge is 2.40. The summed E-state index contributed by atoms with van der Waals surface area (Å²) in [6.45, 7) is 1.27. The van der Waals surface area contributed by atoms with Crippen LogP contribution >= 0.6 is 0 Å². The van der Waals surface area contributed by atoms with E-state index in [0.29, 0.717) is 30.2 Å². The third kappa shape index (κ3) is 2.70. The number of anilines is 2. The van der Waals surface area contributed by atoms with E-state index in [1.165, 1.54) is 0 Å². The summed E-state index contributed by atoms with van der Waals surface area (Å²) < 4.78 is 7.25. The normalized spacial score (nSPS) is 20.7. The van der Waals surface area contributed by atoms with Gasteiger partial charge in [-0.25, -0.2) is 4.98 Å². The Bertz CT molecular complexity index is 1240. The number of hydrogen-bond donors (Lipinski definition) is 1. The van der Waals surface area contributed by atoms with Gasteiger partial charge in [-0.1, -0.05) is 12.1 Å². The van der Waals surface area contributed by atoms with E-state index in [4.69, 9.17) is 4.74 Å². The zero-order chi connectivity index (χ0) is 20.1. The number of tetrazole rings is 1. The number of morpholine rings is 1. The molecule has 2 fully saturated rings. The van der Waals surface area contributed by atoms with Crippen molar-refractivity contribution in [2.24, 2.45) is 0 Å². The molecule has 9 nitrogen and oxygen atoms in total. The van der Waals surface area contributed by atoms with E-state index in [1.54, 1.807) is 4.52 Å². The first-order chi connectivity index (χ1) is 14.8. The van der Waals surface area contributed by atoms with E-state index in [1.807, 2.05) is 53.4 Å². The minimum absolute atomic E-state index is 0.0743. The van der Waals surface area contributed by atoms with Crippen molar-refractivity contribution in [1.82, 2.24) is 29.9 Å². The highest BCUT2D eigenvalue weighted by Crippen LogP contribution is 2.30. The number of carbonyl (C=O) groups is 1. The molecule has 2 aromatic heterocycles. The van der Waals surface area contributed by atoms with Crippen LogP contribution in [0.1, 0.15) is 23.2 Å². The Labute approximate surface area is 171 Å². The second-order valence-corrected chi connectivity index (χ2v) is 7.70. The van der Waals surface area contributed by atoms with Crippen molar-refractivity contribution in [3.05, 3.63) is 54.1 Å². The van der Waals surface area contributed by atoms with Crippen LogP contribution in [-0.2, 0) is 4.74 Å². The molecule has 2 bridgehead atoms. The number of ether oxygens (including phenoxy) is 1. The lowest BCUT2D eigenvalue weighted by molar-refractivity contribution is -0.00715. The lowest BCUT2D eigenvalue weighted by Crippen LogP contribution is -2.49. The molecule has 30 heavy (non-hydrogen) atoms. The molecule has 4 aromatic rings. The Kier molecular flexibility index (Phi) is 3.88. The van der Waals surface area contributed by atoms with Gasteiger partial charge < -0.3 is 15.0 Å². The van der Waals surface area contributed by atoms with Crippen LogP contribution in [0.25, 0.3) is 16.7 Å². The Morgan fingerprint density at radius 1 is 1.03 bits per heavy atom. The first-order valence-corrected chi connectivity index (χ1v) is 10.0. The predicted octanol–water partition coefficient (Wildman–Crippen LogP) is 2.42. The van der Waals surface area contributed by atoms with Crippen molar-refractivity contribution in [2.75, 3.05) is 18.5 Å². The lowest BCUT2D eigenvalue weighted by atomic mass is 10.1. The van der Waals surface area contributed by atoms with E-state index < -0.39 is 0 Å². The number of fused-ring (bicyclic) bond motifs is 5. The molecule has 2 aromatic carbocycles. The molecule has 0 radical (unpaired) electrons. The van der Waals surface area contributed by atoms with Gasteiger partial charge in [0.15, 0.2) is 5.82 Å². The molecule has 2 saturated heterocycles. The van der Waals surface area contributed by atoms with Gasteiger partial charge in [0.25, 0.3) is 5.91 Å². The summed E-state index contributed by atoms with van der Waals surface area (Å²) in [4.78, 5) is 19.7. The van der Waals surface area contributed by atoms with Crippen molar-refractivity contribution in [3.63, 3.8) is 0 Å². The maximum absolute atomic E-state index is 13.0. The summed E-state index contributed by atoms with van der Waals surface area (Å²) in [5, 5.41) is 15.2. The first-order valence-electron chi connectivity index (χ1n) is 10.0. The maximum atomic E-state index is 13.0. The highest BCUT2D eigenvalue weighted by molar-refractivity contribution is 5.95. The average Bonchev–Trinajstić information content (AvgIpc) is 3.37. The van der Waals surface area contributed by atoms with Crippen molar-refractivity contribution in [1.29, 1.82) is 0 Å². The summed E-state index contributed by atoms with van der Waals surface area (Å²) in [7, 11) is 0. The van der Waals surface area contributed by atoms with Crippen LogP contribution in [-0.4, -0.2) is 61.1 Å². The molecule has 0 saturated carbocycles. The Morgan fingerprint density at radius 3 is 2.60 bits per heavy atom. The number of hydrogen-bond acceptors (Lipinski definition) is 7. The van der Waals surface area contributed by atoms with Crippen molar-refractivity contribution in [3.8, 4) is 0 Å². The van der Waals surface area contributed by atoms with Crippen LogP contribution in [0.4, 0.5) is 11.5 Å². The van der Waals surface area contributed by atoms with E-state index in [2.05, 4.69) is 25.8 Å². The second kappa shape index (κ2) is 6.74. The van der Waals surface area contributed by atoms with Gasteiger partial charge in [-0.2, -0.15) is 4.52 Å². The fraction of sp³-hybridized carbons (Fsp3) is 0.286. The van der Waals surface area contributed by atoms with E-state index in [9.17, 15) is 4.79 Å². The maximum Gasteiger partial charge on any atom is 0.254 e. The quantitative estimate of drug-likeness (QED) is 0.563. The number of carbonyl (C=O) groups excluding carboxylic acids is 1. The minimum atomic E-state index is 0.0743. The smallest absolute Gasteiger partial charge is 0.254 e. The van der Waals surface area contributed by atoms with Gasteiger partial charge in [0.2, 0.25) is 5.65 Å². The second-order valence-electron chi connectivity index (χ2n) is 7.70. The van der Waals surface area contributed by atoms with Crippen molar-refractivity contribution >= 4 is 34.1 Å². The molecule has 2 atom stereocenters. The SMILES string of the molecule is O=C(c1ccc(Nc2nc3ccccc3n3nnnc23)cc1)N1C2CCC1COC2. The van der Waals surface area contributed by atoms with E-state index >= 15 is 0 Å². The van der Waals surface area contributed by atoms with Gasteiger partial charge in [0, 0.05) is 11.3 Å². The zero-order valence-electron chi connectivity index (χ0n) is 16.1. The first kappa shape index (κ1) is 17.3. The van der Waals surface area contributed by atoms with Gasteiger partial charge in [-0.15, -0.1) is 5.10 Å². The van der Waals surface area contributed by atoms with Crippen LogP contribution in [0.2, 0.25) is 0 Å². The fourth-order valence-electron chi connectivity index (χ4n) is 4.43. The van der Waals surface area contributed by atoms with Gasteiger partial charge >= 0.3 is 0 Å². The third-order valence-corrected chi connectivity index (χ3v) is 5.89. The standard InChI is InChI=1S/C21H19N7O2/c29-21(27-15-9-10-16(27)12-30-11-15)13-5-7-14(8-6-13)22-19-20-24-25-26-28(20)18-4-2-1-3-17(18)23-19/h1-8,15-16H,9-12H2,(H,22,23). The molecule has 4 heterocycles. The summed E-state index contributed by atoms with van der Waals surface area (Å²) >= 11 is 0. The number of rotatable bonds is 3. The predicted molar refractivity (Wildman–Crippen MR) is 110 cm³/mol. The number of para-hydroxylation sites is 2. The summed E-state index contributed by atoms with van der Waals surface area (Å²) in [5.74, 6) is 0.634. The third-order valence-electron chi connectivity index (χ3n) is 5.89.